The van der Waals surface area contributed by atoms with Crippen molar-refractivity contribution in [1.29, 1.82) is 0 Å². The van der Waals surface area contributed by atoms with Gasteiger partial charge < -0.3 is 10.3 Å². The first-order valence-electron chi connectivity index (χ1n) is 7.49. The van der Waals surface area contributed by atoms with Gasteiger partial charge in [0.05, 0.1) is 11.0 Å². The molecule has 0 aliphatic heterocycles. The summed E-state index contributed by atoms with van der Waals surface area (Å²) >= 11 is 0. The molecule has 1 atom stereocenters. The molecule has 1 aromatic carbocycles. The highest BCUT2D eigenvalue weighted by atomic mass is 15.1. The van der Waals surface area contributed by atoms with Crippen LogP contribution >= 0.6 is 0 Å². The number of rotatable bonds is 4. The number of nitrogens with zero attached hydrogens (tertiary/aromatic N) is 2. The van der Waals surface area contributed by atoms with Gasteiger partial charge in [-0.05, 0) is 50.3 Å². The third-order valence-corrected chi connectivity index (χ3v) is 4.50. The first-order chi connectivity index (χ1) is 9.22. The Labute approximate surface area is 113 Å². The lowest BCUT2D eigenvalue weighted by Crippen LogP contribution is -2.09. The Bertz CT molecular complexity index is 620. The minimum Gasteiger partial charge on any atom is -0.399 e. The number of imidazole rings is 1. The summed E-state index contributed by atoms with van der Waals surface area (Å²) in [6, 6.07) is 6.73. The van der Waals surface area contributed by atoms with Gasteiger partial charge in [0.15, 0.2) is 0 Å². The second-order valence-corrected chi connectivity index (χ2v) is 6.39. The normalized spacial score (nSPS) is 20.9. The van der Waals surface area contributed by atoms with E-state index in [1.165, 1.54) is 43.4 Å². The second-order valence-electron chi connectivity index (χ2n) is 6.39. The van der Waals surface area contributed by atoms with Crippen molar-refractivity contribution in [3.05, 3.63) is 24.0 Å². The average molecular weight is 255 g/mol. The maximum absolute atomic E-state index is 5.89. The third kappa shape index (κ3) is 2.01. The van der Waals surface area contributed by atoms with E-state index in [9.17, 15) is 0 Å². The van der Waals surface area contributed by atoms with Crippen molar-refractivity contribution < 1.29 is 0 Å². The van der Waals surface area contributed by atoms with Gasteiger partial charge in [-0.25, -0.2) is 4.98 Å². The van der Waals surface area contributed by atoms with Crippen molar-refractivity contribution in [2.45, 2.75) is 51.0 Å². The fourth-order valence-corrected chi connectivity index (χ4v) is 3.17. The van der Waals surface area contributed by atoms with Crippen LogP contribution in [-0.2, 0) is 0 Å². The van der Waals surface area contributed by atoms with Gasteiger partial charge in [0.1, 0.15) is 5.82 Å². The molecule has 1 aromatic heterocycles. The fraction of sp³-hybridized carbons (Fsp3) is 0.562. The van der Waals surface area contributed by atoms with E-state index in [0.29, 0.717) is 12.0 Å². The zero-order valence-electron chi connectivity index (χ0n) is 11.5. The summed E-state index contributed by atoms with van der Waals surface area (Å²) in [6.45, 7) is 2.35. The lowest BCUT2D eigenvalue weighted by atomic mass is 10.1. The van der Waals surface area contributed by atoms with E-state index in [1.54, 1.807) is 0 Å². The first-order valence-corrected chi connectivity index (χ1v) is 7.49. The summed E-state index contributed by atoms with van der Waals surface area (Å²) in [5.41, 5.74) is 9.05. The van der Waals surface area contributed by atoms with Crippen LogP contribution in [0.25, 0.3) is 11.0 Å². The van der Waals surface area contributed by atoms with E-state index >= 15 is 0 Å². The molecule has 2 fully saturated rings. The van der Waals surface area contributed by atoms with Crippen LogP contribution < -0.4 is 5.73 Å². The van der Waals surface area contributed by atoms with Crippen LogP contribution in [0.2, 0.25) is 0 Å². The molecule has 0 spiro atoms. The lowest BCUT2D eigenvalue weighted by Gasteiger charge is -2.17. The van der Waals surface area contributed by atoms with Crippen molar-refractivity contribution in [2.75, 3.05) is 5.73 Å². The molecule has 1 unspecified atom stereocenters. The van der Waals surface area contributed by atoms with E-state index in [4.69, 9.17) is 10.7 Å². The van der Waals surface area contributed by atoms with Crippen molar-refractivity contribution in [2.24, 2.45) is 5.92 Å². The Hall–Kier alpha value is -1.51. The topological polar surface area (TPSA) is 43.8 Å². The van der Waals surface area contributed by atoms with Crippen LogP contribution in [0, 0.1) is 5.92 Å². The minimum atomic E-state index is 0.566. The smallest absolute Gasteiger partial charge is 0.113 e. The van der Waals surface area contributed by atoms with Gasteiger partial charge >= 0.3 is 0 Å². The summed E-state index contributed by atoms with van der Waals surface area (Å²) in [5.74, 6) is 2.94. The molecule has 0 radical (unpaired) electrons. The van der Waals surface area contributed by atoms with Crippen molar-refractivity contribution in [3.8, 4) is 0 Å². The summed E-state index contributed by atoms with van der Waals surface area (Å²) in [5, 5.41) is 0. The molecule has 2 N–H and O–H groups in total. The largest absolute Gasteiger partial charge is 0.399 e. The third-order valence-electron chi connectivity index (χ3n) is 4.50. The zero-order valence-corrected chi connectivity index (χ0v) is 11.5. The summed E-state index contributed by atoms with van der Waals surface area (Å²) < 4.78 is 2.49. The van der Waals surface area contributed by atoms with Gasteiger partial charge in [-0.15, -0.1) is 0 Å². The highest BCUT2D eigenvalue weighted by Crippen LogP contribution is 2.44. The Balaban J connectivity index is 1.82. The summed E-state index contributed by atoms with van der Waals surface area (Å²) in [6.07, 6.45) is 6.74. The molecule has 2 aliphatic carbocycles. The number of nitrogens with two attached hydrogens (primary N) is 1. The highest BCUT2D eigenvalue weighted by Gasteiger charge is 2.32. The van der Waals surface area contributed by atoms with Crippen LogP contribution in [-0.4, -0.2) is 9.55 Å². The van der Waals surface area contributed by atoms with Gasteiger partial charge in [-0.1, -0.05) is 12.8 Å². The monoisotopic (exact) mass is 255 g/mol. The Morgan fingerprint density at radius 2 is 2.11 bits per heavy atom. The molecule has 2 aliphatic rings. The number of aromatic nitrogens is 2. The standard InChI is InChI=1S/C16H21N3/c1-10(8-11-2-3-11)19-15-7-6-13(17)9-14(15)18-16(19)12-4-5-12/h6-7,9-12H,2-5,8,17H2,1H3. The van der Waals surface area contributed by atoms with Crippen LogP contribution in [0.15, 0.2) is 18.2 Å². The molecule has 1 heterocycles. The molecule has 4 rings (SSSR count). The summed E-state index contributed by atoms with van der Waals surface area (Å²) in [4.78, 5) is 4.87. The van der Waals surface area contributed by atoms with Gasteiger partial charge in [0.25, 0.3) is 0 Å². The molecule has 100 valence electrons. The second kappa shape index (κ2) is 3.99. The number of benzene rings is 1. The van der Waals surface area contributed by atoms with Crippen molar-refractivity contribution >= 4 is 16.7 Å². The molecular formula is C16H21N3. The van der Waals surface area contributed by atoms with Crippen molar-refractivity contribution in [3.63, 3.8) is 0 Å². The van der Waals surface area contributed by atoms with E-state index < -0.39 is 0 Å². The number of hydrogen-bond acceptors (Lipinski definition) is 2. The fourth-order valence-electron chi connectivity index (χ4n) is 3.17. The van der Waals surface area contributed by atoms with Gasteiger partial charge in [0.2, 0.25) is 0 Å². The van der Waals surface area contributed by atoms with E-state index in [1.807, 2.05) is 12.1 Å². The maximum Gasteiger partial charge on any atom is 0.113 e. The van der Waals surface area contributed by atoms with E-state index in [0.717, 1.165) is 17.1 Å². The highest BCUT2D eigenvalue weighted by molar-refractivity contribution is 5.80. The Kier molecular flexibility index (Phi) is 2.38. The maximum atomic E-state index is 5.89. The SMILES string of the molecule is CC(CC1CC1)n1c(C2CC2)nc2cc(N)ccc21. The molecular weight excluding hydrogens is 234 g/mol. The van der Waals surface area contributed by atoms with Gasteiger partial charge in [-0.2, -0.15) is 0 Å². The van der Waals surface area contributed by atoms with Crippen LogP contribution in [0.1, 0.15) is 56.8 Å². The number of fused-ring (bicyclic) bond motifs is 1. The molecule has 3 nitrogen and oxygen atoms in total. The lowest BCUT2D eigenvalue weighted by molar-refractivity contribution is 0.472. The van der Waals surface area contributed by atoms with Crippen LogP contribution in [0.5, 0.6) is 0 Å². The first kappa shape index (κ1) is 11.3. The zero-order chi connectivity index (χ0) is 13.0. The minimum absolute atomic E-state index is 0.566. The number of anilines is 1. The summed E-state index contributed by atoms with van der Waals surface area (Å²) in [7, 11) is 0. The van der Waals surface area contributed by atoms with Crippen LogP contribution in [0.3, 0.4) is 0 Å². The number of hydrogen-bond donors (Lipinski definition) is 1. The Morgan fingerprint density at radius 1 is 1.32 bits per heavy atom. The predicted octanol–water partition coefficient (Wildman–Crippen LogP) is 3.86. The molecule has 2 saturated carbocycles. The molecule has 3 heteroatoms. The molecule has 19 heavy (non-hydrogen) atoms. The molecule has 0 saturated heterocycles. The molecule has 2 aromatic rings. The van der Waals surface area contributed by atoms with Crippen LogP contribution in [0.4, 0.5) is 5.69 Å². The molecule has 0 bridgehead atoms. The van der Waals surface area contributed by atoms with E-state index in [-0.39, 0.29) is 0 Å². The quantitative estimate of drug-likeness (QED) is 0.843. The predicted molar refractivity (Wildman–Crippen MR) is 78.2 cm³/mol. The van der Waals surface area contributed by atoms with Gasteiger partial charge in [0, 0.05) is 17.6 Å². The van der Waals surface area contributed by atoms with Gasteiger partial charge in [-0.3, -0.25) is 0 Å². The number of nitrogen functional groups attached to an aromatic ring is 1. The van der Waals surface area contributed by atoms with Crippen molar-refractivity contribution in [1.82, 2.24) is 9.55 Å². The van der Waals surface area contributed by atoms with E-state index in [2.05, 4.69) is 17.6 Å². The molecule has 0 amide bonds. The average Bonchev–Trinajstić information content (AvgIpc) is 3.27. The Morgan fingerprint density at radius 3 is 2.79 bits per heavy atom.